The summed E-state index contributed by atoms with van der Waals surface area (Å²) in [7, 11) is 0. The second-order valence-electron chi connectivity index (χ2n) is 7.56. The summed E-state index contributed by atoms with van der Waals surface area (Å²) < 4.78 is 38.1. The van der Waals surface area contributed by atoms with Gasteiger partial charge in [0.1, 0.15) is 0 Å². The number of amides is 2. The van der Waals surface area contributed by atoms with Crippen LogP contribution in [0.1, 0.15) is 24.5 Å². The van der Waals surface area contributed by atoms with E-state index in [4.69, 9.17) is 0 Å². The summed E-state index contributed by atoms with van der Waals surface area (Å²) in [6, 6.07) is 18.1. The molecule has 4 rings (SSSR count). The van der Waals surface area contributed by atoms with E-state index in [0.717, 1.165) is 47.0 Å². The molecule has 4 aromatic rings. The van der Waals surface area contributed by atoms with E-state index in [1.54, 1.807) is 6.20 Å². The van der Waals surface area contributed by atoms with Crippen LogP contribution in [0.5, 0.6) is 0 Å². The highest BCUT2D eigenvalue weighted by Crippen LogP contribution is 2.31. The Morgan fingerprint density at radius 1 is 0.906 bits per heavy atom. The molecule has 1 aromatic heterocycles. The Kier molecular flexibility index (Phi) is 5.90. The number of carbonyl (C=O) groups excluding carboxylic acids is 1. The summed E-state index contributed by atoms with van der Waals surface area (Å²) in [5.74, 6) is 0. The fourth-order valence-electron chi connectivity index (χ4n) is 3.58. The summed E-state index contributed by atoms with van der Waals surface area (Å²) in [6.07, 6.45) is -0.596. The lowest BCUT2D eigenvalue weighted by Crippen LogP contribution is -2.19. The number of hydrogen-bond donors (Lipinski definition) is 3. The van der Waals surface area contributed by atoms with E-state index < -0.39 is 17.8 Å². The van der Waals surface area contributed by atoms with Gasteiger partial charge in [-0.15, -0.1) is 0 Å². The maximum Gasteiger partial charge on any atom is 0.416 e. The van der Waals surface area contributed by atoms with Crippen molar-refractivity contribution in [2.24, 2.45) is 0 Å². The molecule has 7 heteroatoms. The molecule has 0 saturated heterocycles. The van der Waals surface area contributed by atoms with E-state index in [2.05, 4.69) is 46.8 Å². The van der Waals surface area contributed by atoms with Gasteiger partial charge in [-0.1, -0.05) is 43.7 Å². The van der Waals surface area contributed by atoms with Crippen LogP contribution < -0.4 is 10.6 Å². The first kappa shape index (κ1) is 21.5. The quantitative estimate of drug-likeness (QED) is 0.298. The first-order valence-electron chi connectivity index (χ1n) is 10.3. The lowest BCUT2D eigenvalue weighted by molar-refractivity contribution is -0.137. The van der Waals surface area contributed by atoms with Gasteiger partial charge in [-0.3, -0.25) is 0 Å². The average molecular weight is 437 g/mol. The summed E-state index contributed by atoms with van der Waals surface area (Å²) in [5, 5.41) is 6.15. The average Bonchev–Trinajstić information content (AvgIpc) is 3.16. The molecule has 0 saturated carbocycles. The van der Waals surface area contributed by atoms with Crippen molar-refractivity contribution >= 4 is 28.3 Å². The van der Waals surface area contributed by atoms with Gasteiger partial charge in [-0.25, -0.2) is 4.79 Å². The molecule has 0 radical (unpaired) electrons. The molecule has 0 aliphatic rings. The number of rotatable bonds is 5. The van der Waals surface area contributed by atoms with Crippen LogP contribution in [-0.2, 0) is 12.6 Å². The number of aryl methyl sites for hydroxylation is 1. The number of carbonyl (C=O) groups is 1. The fourth-order valence-corrected chi connectivity index (χ4v) is 3.58. The summed E-state index contributed by atoms with van der Waals surface area (Å²) in [5.41, 5.74) is 4.33. The third-order valence-electron chi connectivity index (χ3n) is 5.23. The second kappa shape index (κ2) is 8.78. The van der Waals surface area contributed by atoms with Gasteiger partial charge in [-0.05, 0) is 59.5 Å². The molecule has 3 aromatic carbocycles. The van der Waals surface area contributed by atoms with Gasteiger partial charge in [0.25, 0.3) is 0 Å². The molecule has 0 spiro atoms. The molecule has 0 unspecified atom stereocenters. The first-order chi connectivity index (χ1) is 15.3. The van der Waals surface area contributed by atoms with Gasteiger partial charge >= 0.3 is 12.2 Å². The number of benzene rings is 3. The lowest BCUT2D eigenvalue weighted by atomic mass is 10.0. The van der Waals surface area contributed by atoms with Gasteiger partial charge in [0, 0.05) is 22.8 Å². The van der Waals surface area contributed by atoms with Crippen LogP contribution in [0.25, 0.3) is 22.0 Å². The van der Waals surface area contributed by atoms with Crippen molar-refractivity contribution < 1.29 is 18.0 Å². The minimum absolute atomic E-state index is 0.267. The van der Waals surface area contributed by atoms with Crippen LogP contribution in [0.2, 0.25) is 0 Å². The summed E-state index contributed by atoms with van der Waals surface area (Å²) >= 11 is 0. The van der Waals surface area contributed by atoms with Crippen LogP contribution in [0, 0.1) is 0 Å². The van der Waals surface area contributed by atoms with Crippen molar-refractivity contribution in [3.63, 3.8) is 0 Å². The standard InChI is InChI=1S/C25H22F3N3O/c1-2-3-16-4-6-17(7-5-16)18-8-13-22-21(14-18)23(15-29-22)31-24(32)30-20-11-9-19(10-12-20)25(26,27)28/h4-15,29H,2-3H2,1H3,(H2,30,31,32). The number of H-pyrrole nitrogens is 1. The molecular formula is C25H22F3N3O. The van der Waals surface area contributed by atoms with Gasteiger partial charge in [0.05, 0.1) is 11.3 Å². The zero-order valence-corrected chi connectivity index (χ0v) is 17.4. The zero-order chi connectivity index (χ0) is 22.7. The predicted molar refractivity (Wildman–Crippen MR) is 122 cm³/mol. The molecule has 4 nitrogen and oxygen atoms in total. The minimum atomic E-state index is -4.42. The van der Waals surface area contributed by atoms with E-state index in [0.29, 0.717) is 5.69 Å². The third-order valence-corrected chi connectivity index (χ3v) is 5.23. The molecule has 0 fully saturated rings. The topological polar surface area (TPSA) is 56.9 Å². The maximum atomic E-state index is 12.7. The van der Waals surface area contributed by atoms with E-state index in [1.807, 2.05) is 18.2 Å². The number of nitrogens with one attached hydrogen (secondary N) is 3. The Hall–Kier alpha value is -3.74. The zero-order valence-electron chi connectivity index (χ0n) is 17.4. The molecule has 0 aliphatic carbocycles. The Labute approximate surface area is 183 Å². The number of hydrogen-bond acceptors (Lipinski definition) is 1. The number of aromatic nitrogens is 1. The highest BCUT2D eigenvalue weighted by molar-refractivity contribution is 6.06. The molecule has 164 valence electrons. The van der Waals surface area contributed by atoms with E-state index in [9.17, 15) is 18.0 Å². The van der Waals surface area contributed by atoms with E-state index in [1.165, 1.54) is 17.7 Å². The maximum absolute atomic E-state index is 12.7. The third kappa shape index (κ3) is 4.77. The molecular weight excluding hydrogens is 415 g/mol. The van der Waals surface area contributed by atoms with Crippen LogP contribution in [0.4, 0.5) is 29.3 Å². The smallest absolute Gasteiger partial charge is 0.359 e. The Morgan fingerprint density at radius 2 is 1.59 bits per heavy atom. The molecule has 1 heterocycles. The van der Waals surface area contributed by atoms with Crippen molar-refractivity contribution in [2.45, 2.75) is 25.9 Å². The predicted octanol–water partition coefficient (Wildman–Crippen LogP) is 7.45. The van der Waals surface area contributed by atoms with E-state index >= 15 is 0 Å². The number of alkyl halides is 3. The highest BCUT2D eigenvalue weighted by atomic mass is 19.4. The monoisotopic (exact) mass is 437 g/mol. The Morgan fingerprint density at radius 3 is 2.25 bits per heavy atom. The van der Waals surface area contributed by atoms with Crippen molar-refractivity contribution in [1.29, 1.82) is 0 Å². The molecule has 2 amide bonds. The number of anilines is 2. The van der Waals surface area contributed by atoms with Gasteiger partial charge in [-0.2, -0.15) is 13.2 Å². The summed E-state index contributed by atoms with van der Waals surface area (Å²) in [6.45, 7) is 2.15. The second-order valence-corrected chi connectivity index (χ2v) is 7.56. The van der Waals surface area contributed by atoms with Crippen LogP contribution in [-0.4, -0.2) is 11.0 Å². The van der Waals surface area contributed by atoms with Crippen LogP contribution >= 0.6 is 0 Å². The number of fused-ring (bicyclic) bond motifs is 1. The lowest BCUT2D eigenvalue weighted by Gasteiger charge is -2.10. The molecule has 0 atom stereocenters. The van der Waals surface area contributed by atoms with Gasteiger partial charge < -0.3 is 15.6 Å². The molecule has 0 bridgehead atoms. The van der Waals surface area contributed by atoms with Crippen molar-refractivity contribution in [3.05, 3.63) is 84.1 Å². The van der Waals surface area contributed by atoms with E-state index in [-0.39, 0.29) is 5.69 Å². The SMILES string of the molecule is CCCc1ccc(-c2ccc3[nH]cc(NC(=O)Nc4ccc(C(F)(F)F)cc4)c3c2)cc1. The van der Waals surface area contributed by atoms with Crippen molar-refractivity contribution in [2.75, 3.05) is 10.6 Å². The first-order valence-corrected chi connectivity index (χ1v) is 10.3. The molecule has 3 N–H and O–H groups in total. The van der Waals surface area contributed by atoms with Crippen LogP contribution in [0.15, 0.2) is 72.9 Å². The highest BCUT2D eigenvalue weighted by Gasteiger charge is 2.30. The minimum Gasteiger partial charge on any atom is -0.359 e. The largest absolute Gasteiger partial charge is 0.416 e. The number of urea groups is 1. The normalized spacial score (nSPS) is 11.5. The fraction of sp³-hybridized carbons (Fsp3) is 0.160. The van der Waals surface area contributed by atoms with Gasteiger partial charge in [0.2, 0.25) is 0 Å². The van der Waals surface area contributed by atoms with Crippen molar-refractivity contribution in [1.82, 2.24) is 4.98 Å². The number of aromatic amines is 1. The Bertz CT molecular complexity index is 1230. The van der Waals surface area contributed by atoms with Gasteiger partial charge in [0.15, 0.2) is 0 Å². The number of halogens is 3. The Balaban J connectivity index is 1.50. The summed E-state index contributed by atoms with van der Waals surface area (Å²) in [4.78, 5) is 15.5. The molecule has 0 aliphatic heterocycles. The molecule has 32 heavy (non-hydrogen) atoms. The van der Waals surface area contributed by atoms with Crippen LogP contribution in [0.3, 0.4) is 0 Å². The van der Waals surface area contributed by atoms with Crippen molar-refractivity contribution in [3.8, 4) is 11.1 Å².